The number of nitrogens with zero attached hydrogens (tertiary/aromatic N) is 1. The fourth-order valence-electron chi connectivity index (χ4n) is 2.89. The largest absolute Gasteiger partial charge is 0.353 e. The maximum Gasteiger partial charge on any atom is 0.237 e. The Balaban J connectivity index is 0.00000161. The molecule has 0 radical (unpaired) electrons. The summed E-state index contributed by atoms with van der Waals surface area (Å²) >= 11 is 0. The van der Waals surface area contributed by atoms with Gasteiger partial charge in [-0.2, -0.15) is 0 Å². The Labute approximate surface area is 130 Å². The molecule has 0 aliphatic carbocycles. The molecule has 114 valence electrons. The number of amides is 2. The maximum absolute atomic E-state index is 12.5. The molecule has 5 nitrogen and oxygen atoms in total. The monoisotopic (exact) mass is 309 g/mol. The minimum Gasteiger partial charge on any atom is -0.353 e. The Bertz CT molecular complexity index is 535. The molecule has 1 saturated heterocycles. The number of carbonyl (C=O) groups is 2. The van der Waals surface area contributed by atoms with E-state index in [4.69, 9.17) is 0 Å². The van der Waals surface area contributed by atoms with Crippen LogP contribution in [-0.2, 0) is 16.0 Å². The van der Waals surface area contributed by atoms with Gasteiger partial charge >= 0.3 is 0 Å². The van der Waals surface area contributed by atoms with Crippen LogP contribution in [0, 0.1) is 0 Å². The first-order valence-corrected chi connectivity index (χ1v) is 7.15. The Morgan fingerprint density at radius 3 is 2.90 bits per heavy atom. The Morgan fingerprint density at radius 2 is 2.10 bits per heavy atom. The lowest BCUT2D eigenvalue weighted by atomic mass is 10.0. The summed E-state index contributed by atoms with van der Waals surface area (Å²) < 4.78 is 0. The van der Waals surface area contributed by atoms with Crippen LogP contribution in [0.1, 0.15) is 18.4 Å². The molecule has 1 aromatic rings. The highest BCUT2D eigenvalue weighted by atomic mass is 35.5. The van der Waals surface area contributed by atoms with E-state index in [1.807, 2.05) is 23.1 Å². The van der Waals surface area contributed by atoms with Gasteiger partial charge in [-0.1, -0.05) is 18.2 Å². The van der Waals surface area contributed by atoms with Crippen molar-refractivity contribution in [3.8, 4) is 0 Å². The topological polar surface area (TPSA) is 61.4 Å². The van der Waals surface area contributed by atoms with Crippen LogP contribution in [0.5, 0.6) is 0 Å². The maximum atomic E-state index is 12.5. The Kier molecular flexibility index (Phi) is 5.20. The average molecular weight is 310 g/mol. The molecule has 2 heterocycles. The van der Waals surface area contributed by atoms with Gasteiger partial charge in [0.05, 0.1) is 12.5 Å². The summed E-state index contributed by atoms with van der Waals surface area (Å²) in [6.45, 7) is 2.10. The molecular formula is C15H20ClN3O2. The van der Waals surface area contributed by atoms with E-state index in [2.05, 4.69) is 16.7 Å². The molecule has 1 fully saturated rings. The van der Waals surface area contributed by atoms with Gasteiger partial charge in [-0.25, -0.2) is 0 Å². The van der Waals surface area contributed by atoms with Crippen molar-refractivity contribution in [2.24, 2.45) is 0 Å². The molecule has 0 saturated carbocycles. The molecule has 6 heteroatoms. The number of anilines is 1. The van der Waals surface area contributed by atoms with Crippen LogP contribution in [0.25, 0.3) is 0 Å². The zero-order valence-electron chi connectivity index (χ0n) is 11.8. The van der Waals surface area contributed by atoms with Crippen molar-refractivity contribution in [3.05, 3.63) is 29.8 Å². The number of hydrogen-bond donors (Lipinski definition) is 2. The summed E-state index contributed by atoms with van der Waals surface area (Å²) in [5.74, 6) is -0.0541. The van der Waals surface area contributed by atoms with Crippen LogP contribution in [-0.4, -0.2) is 37.5 Å². The Hall–Kier alpha value is -1.59. The lowest BCUT2D eigenvalue weighted by Gasteiger charge is -2.31. The normalized spacial score (nSPS) is 21.0. The van der Waals surface area contributed by atoms with E-state index >= 15 is 0 Å². The van der Waals surface area contributed by atoms with Crippen LogP contribution in [0.3, 0.4) is 0 Å². The highest BCUT2D eigenvalue weighted by Crippen LogP contribution is 2.27. The molecule has 1 atom stereocenters. The fraction of sp³-hybridized carbons (Fsp3) is 0.467. The molecule has 1 aromatic carbocycles. The van der Waals surface area contributed by atoms with Gasteiger partial charge < -0.3 is 15.5 Å². The number of hydrogen-bond acceptors (Lipinski definition) is 3. The van der Waals surface area contributed by atoms with Gasteiger partial charge in [-0.05, 0) is 24.5 Å². The average Bonchev–Trinajstić information content (AvgIpc) is 2.49. The molecule has 0 bridgehead atoms. The zero-order chi connectivity index (χ0) is 13.9. The van der Waals surface area contributed by atoms with E-state index in [9.17, 15) is 9.59 Å². The van der Waals surface area contributed by atoms with Crippen molar-refractivity contribution >= 4 is 29.9 Å². The molecule has 0 spiro atoms. The van der Waals surface area contributed by atoms with Crippen LogP contribution in [0.2, 0.25) is 0 Å². The number of para-hydroxylation sites is 1. The predicted molar refractivity (Wildman–Crippen MR) is 83.8 cm³/mol. The standard InChI is InChI=1S/C15H19N3O2.ClH/c19-14(10-12-15(20)17-8-7-16-12)18-9-3-5-11-4-1-2-6-13(11)18;/h1-2,4,6,12,16H,3,5,7-10H2,(H,17,20);1H. The third-order valence-corrected chi connectivity index (χ3v) is 3.92. The van der Waals surface area contributed by atoms with Gasteiger partial charge in [0.2, 0.25) is 11.8 Å². The lowest BCUT2D eigenvalue weighted by molar-refractivity contribution is -0.128. The molecular weight excluding hydrogens is 290 g/mol. The number of nitrogens with one attached hydrogen (secondary N) is 2. The second-order valence-corrected chi connectivity index (χ2v) is 5.28. The zero-order valence-corrected chi connectivity index (χ0v) is 12.6. The van der Waals surface area contributed by atoms with Crippen LogP contribution in [0.4, 0.5) is 5.69 Å². The molecule has 2 N–H and O–H groups in total. The van der Waals surface area contributed by atoms with Crippen molar-refractivity contribution in [2.75, 3.05) is 24.5 Å². The van der Waals surface area contributed by atoms with E-state index < -0.39 is 6.04 Å². The summed E-state index contributed by atoms with van der Waals surface area (Å²) in [5, 5.41) is 5.89. The number of halogens is 1. The van der Waals surface area contributed by atoms with Gasteiger partial charge in [0.25, 0.3) is 0 Å². The molecule has 2 aliphatic heterocycles. The van der Waals surface area contributed by atoms with Gasteiger partial charge in [0.15, 0.2) is 0 Å². The van der Waals surface area contributed by atoms with E-state index in [0.717, 1.165) is 31.6 Å². The highest BCUT2D eigenvalue weighted by Gasteiger charge is 2.28. The summed E-state index contributed by atoms with van der Waals surface area (Å²) in [5.41, 5.74) is 2.22. The number of piperazine rings is 1. The lowest BCUT2D eigenvalue weighted by Crippen LogP contribution is -2.54. The molecule has 2 amide bonds. The van der Waals surface area contributed by atoms with Crippen molar-refractivity contribution in [2.45, 2.75) is 25.3 Å². The minimum atomic E-state index is -0.398. The Morgan fingerprint density at radius 1 is 1.29 bits per heavy atom. The first kappa shape index (κ1) is 15.8. The van der Waals surface area contributed by atoms with E-state index in [0.29, 0.717) is 6.54 Å². The van der Waals surface area contributed by atoms with E-state index in [1.165, 1.54) is 5.56 Å². The number of benzene rings is 1. The van der Waals surface area contributed by atoms with Gasteiger partial charge in [0.1, 0.15) is 0 Å². The molecule has 21 heavy (non-hydrogen) atoms. The number of carbonyl (C=O) groups excluding carboxylic acids is 2. The number of fused-ring (bicyclic) bond motifs is 1. The highest BCUT2D eigenvalue weighted by molar-refractivity contribution is 5.98. The third kappa shape index (κ3) is 3.36. The molecule has 1 unspecified atom stereocenters. The first-order valence-electron chi connectivity index (χ1n) is 7.15. The SMILES string of the molecule is Cl.O=C1NCCNC1CC(=O)N1CCCc2ccccc21. The van der Waals surface area contributed by atoms with E-state index in [1.54, 1.807) is 0 Å². The third-order valence-electron chi connectivity index (χ3n) is 3.92. The van der Waals surface area contributed by atoms with Crippen molar-refractivity contribution in [1.29, 1.82) is 0 Å². The van der Waals surface area contributed by atoms with Crippen LogP contribution < -0.4 is 15.5 Å². The second kappa shape index (κ2) is 6.91. The van der Waals surface area contributed by atoms with Crippen molar-refractivity contribution < 1.29 is 9.59 Å². The van der Waals surface area contributed by atoms with Gasteiger partial charge in [0, 0.05) is 25.3 Å². The van der Waals surface area contributed by atoms with Crippen LogP contribution >= 0.6 is 12.4 Å². The second-order valence-electron chi connectivity index (χ2n) is 5.28. The van der Waals surface area contributed by atoms with Crippen molar-refractivity contribution in [3.63, 3.8) is 0 Å². The van der Waals surface area contributed by atoms with Gasteiger partial charge in [-0.3, -0.25) is 9.59 Å². The van der Waals surface area contributed by atoms with E-state index in [-0.39, 0.29) is 30.6 Å². The summed E-state index contributed by atoms with van der Waals surface area (Å²) in [6.07, 6.45) is 2.22. The summed E-state index contributed by atoms with van der Waals surface area (Å²) in [7, 11) is 0. The summed E-state index contributed by atoms with van der Waals surface area (Å²) in [4.78, 5) is 26.0. The smallest absolute Gasteiger partial charge is 0.237 e. The molecule has 0 aromatic heterocycles. The van der Waals surface area contributed by atoms with Crippen LogP contribution in [0.15, 0.2) is 24.3 Å². The first-order chi connectivity index (χ1) is 9.75. The number of rotatable bonds is 2. The van der Waals surface area contributed by atoms with Gasteiger partial charge in [-0.15, -0.1) is 12.4 Å². The fourth-order valence-corrected chi connectivity index (χ4v) is 2.89. The molecule has 3 rings (SSSR count). The minimum absolute atomic E-state index is 0. The predicted octanol–water partition coefficient (Wildman–Crippen LogP) is 0.866. The molecule has 2 aliphatic rings. The number of aryl methyl sites for hydroxylation is 1. The quantitative estimate of drug-likeness (QED) is 0.852. The summed E-state index contributed by atoms with van der Waals surface area (Å²) in [6, 6.07) is 7.62. The van der Waals surface area contributed by atoms with Crippen molar-refractivity contribution in [1.82, 2.24) is 10.6 Å².